The van der Waals surface area contributed by atoms with Gasteiger partial charge in [-0.05, 0) is 37.6 Å². The molecule has 1 fully saturated rings. The summed E-state index contributed by atoms with van der Waals surface area (Å²) in [5, 5.41) is 2.96. The molecule has 1 aliphatic heterocycles. The van der Waals surface area contributed by atoms with Crippen molar-refractivity contribution in [2.45, 2.75) is 32.6 Å². The number of carbonyl (C=O) groups excluding carboxylic acids is 1. The van der Waals surface area contributed by atoms with Crippen LogP contribution in [-0.4, -0.2) is 43.0 Å². The lowest BCUT2D eigenvalue weighted by molar-refractivity contribution is -0.137. The van der Waals surface area contributed by atoms with Gasteiger partial charge in [-0.15, -0.1) is 0 Å². The fourth-order valence-electron chi connectivity index (χ4n) is 3.45. The Kier molecular flexibility index (Phi) is 6.47. The Balaban J connectivity index is 1.52. The average molecular weight is 405 g/mol. The van der Waals surface area contributed by atoms with E-state index in [1.54, 1.807) is 6.07 Å². The van der Waals surface area contributed by atoms with Crippen LogP contribution in [0.5, 0.6) is 0 Å². The molecule has 7 heteroatoms. The van der Waals surface area contributed by atoms with Crippen molar-refractivity contribution in [3.05, 3.63) is 65.2 Å². The molecule has 0 bridgehead atoms. The standard InChI is InChI=1S/C22H26F3N3O/c1-16-6-8-18(9-7-16)15-26-21(29)17(2)27-10-12-28(13-11-27)20-5-3-4-19(14-20)22(23,24)25/h3-9,14,17H,10-13,15H2,1-2H3,(H,26,29)/t17-/m0/s1. The first-order valence-corrected chi connectivity index (χ1v) is 9.73. The van der Waals surface area contributed by atoms with Crippen LogP contribution in [0.2, 0.25) is 0 Å². The van der Waals surface area contributed by atoms with Crippen molar-refractivity contribution >= 4 is 11.6 Å². The molecule has 1 aliphatic rings. The van der Waals surface area contributed by atoms with Crippen molar-refractivity contribution < 1.29 is 18.0 Å². The number of aryl methyl sites for hydroxylation is 1. The van der Waals surface area contributed by atoms with E-state index in [1.165, 1.54) is 17.7 Å². The third-order valence-corrected chi connectivity index (χ3v) is 5.37. The molecule has 1 heterocycles. The number of hydrogen-bond donors (Lipinski definition) is 1. The van der Waals surface area contributed by atoms with Crippen LogP contribution < -0.4 is 10.2 Å². The highest BCUT2D eigenvalue weighted by molar-refractivity contribution is 5.81. The van der Waals surface area contributed by atoms with E-state index in [9.17, 15) is 18.0 Å². The quantitative estimate of drug-likeness (QED) is 0.821. The third kappa shape index (κ3) is 5.50. The van der Waals surface area contributed by atoms with Gasteiger partial charge in [-0.2, -0.15) is 13.2 Å². The fourth-order valence-corrected chi connectivity index (χ4v) is 3.45. The summed E-state index contributed by atoms with van der Waals surface area (Å²) < 4.78 is 38.8. The van der Waals surface area contributed by atoms with Gasteiger partial charge in [0, 0.05) is 38.4 Å². The van der Waals surface area contributed by atoms with Gasteiger partial charge in [-0.25, -0.2) is 0 Å². The van der Waals surface area contributed by atoms with Gasteiger partial charge in [0.2, 0.25) is 5.91 Å². The van der Waals surface area contributed by atoms with E-state index in [0.29, 0.717) is 38.4 Å². The lowest BCUT2D eigenvalue weighted by Crippen LogP contribution is -2.53. The van der Waals surface area contributed by atoms with Crippen LogP contribution in [0, 0.1) is 6.92 Å². The molecule has 156 valence electrons. The van der Waals surface area contributed by atoms with Gasteiger partial charge in [0.1, 0.15) is 0 Å². The van der Waals surface area contributed by atoms with Crippen molar-refractivity contribution in [2.75, 3.05) is 31.1 Å². The number of hydrogen-bond acceptors (Lipinski definition) is 3. The van der Waals surface area contributed by atoms with Gasteiger partial charge < -0.3 is 10.2 Å². The molecule has 2 aromatic rings. The first kappa shape index (κ1) is 21.2. The second kappa shape index (κ2) is 8.86. The number of alkyl halides is 3. The summed E-state index contributed by atoms with van der Waals surface area (Å²) in [5.74, 6) is -0.0434. The van der Waals surface area contributed by atoms with Crippen LogP contribution in [0.1, 0.15) is 23.6 Å². The summed E-state index contributed by atoms with van der Waals surface area (Å²) in [7, 11) is 0. The monoisotopic (exact) mass is 405 g/mol. The molecular weight excluding hydrogens is 379 g/mol. The number of benzene rings is 2. The molecule has 1 atom stereocenters. The number of nitrogens with one attached hydrogen (secondary N) is 1. The maximum Gasteiger partial charge on any atom is 0.416 e. The molecule has 0 aliphatic carbocycles. The molecular formula is C22H26F3N3O. The molecule has 0 unspecified atom stereocenters. The van der Waals surface area contributed by atoms with Crippen LogP contribution >= 0.6 is 0 Å². The summed E-state index contributed by atoms with van der Waals surface area (Å²) >= 11 is 0. The number of carbonyl (C=O) groups is 1. The van der Waals surface area contributed by atoms with Gasteiger partial charge in [0.05, 0.1) is 11.6 Å². The van der Waals surface area contributed by atoms with Crippen molar-refractivity contribution in [3.63, 3.8) is 0 Å². The molecule has 1 amide bonds. The lowest BCUT2D eigenvalue weighted by atomic mass is 10.1. The predicted octanol–water partition coefficient (Wildman–Crippen LogP) is 3.84. The molecule has 29 heavy (non-hydrogen) atoms. The molecule has 0 saturated carbocycles. The molecule has 4 nitrogen and oxygen atoms in total. The second-order valence-corrected chi connectivity index (χ2v) is 7.45. The van der Waals surface area contributed by atoms with E-state index < -0.39 is 11.7 Å². The molecule has 2 aromatic carbocycles. The number of piperazine rings is 1. The summed E-state index contributed by atoms with van der Waals surface area (Å²) in [6.07, 6.45) is -4.35. The number of halogens is 3. The van der Waals surface area contributed by atoms with Crippen molar-refractivity contribution in [3.8, 4) is 0 Å². The molecule has 0 radical (unpaired) electrons. The van der Waals surface area contributed by atoms with Crippen molar-refractivity contribution in [1.82, 2.24) is 10.2 Å². The average Bonchev–Trinajstić information content (AvgIpc) is 2.72. The largest absolute Gasteiger partial charge is 0.416 e. The van der Waals surface area contributed by atoms with Gasteiger partial charge >= 0.3 is 6.18 Å². The Hall–Kier alpha value is -2.54. The zero-order valence-electron chi connectivity index (χ0n) is 16.7. The summed E-state index contributed by atoms with van der Waals surface area (Å²) in [5.41, 5.74) is 2.15. The maximum absolute atomic E-state index is 12.9. The second-order valence-electron chi connectivity index (χ2n) is 7.45. The first-order valence-electron chi connectivity index (χ1n) is 9.73. The van der Waals surface area contributed by atoms with E-state index in [2.05, 4.69) is 10.2 Å². The number of nitrogens with zero attached hydrogens (tertiary/aromatic N) is 2. The number of anilines is 1. The number of amides is 1. The Bertz CT molecular complexity index is 828. The minimum atomic E-state index is -4.35. The van der Waals surface area contributed by atoms with E-state index in [4.69, 9.17) is 0 Å². The van der Waals surface area contributed by atoms with Gasteiger partial charge in [-0.1, -0.05) is 35.9 Å². The Morgan fingerprint density at radius 3 is 2.34 bits per heavy atom. The van der Waals surface area contributed by atoms with Crippen LogP contribution in [0.4, 0.5) is 18.9 Å². The van der Waals surface area contributed by atoms with Gasteiger partial charge in [0.25, 0.3) is 0 Å². The normalized spacial score (nSPS) is 16.5. The summed E-state index contributed by atoms with van der Waals surface area (Å²) in [6, 6.07) is 13.1. The molecule has 0 aromatic heterocycles. The third-order valence-electron chi connectivity index (χ3n) is 5.37. The highest BCUT2D eigenvalue weighted by Crippen LogP contribution is 2.31. The highest BCUT2D eigenvalue weighted by Gasteiger charge is 2.31. The van der Waals surface area contributed by atoms with Gasteiger partial charge in [-0.3, -0.25) is 9.69 Å². The zero-order chi connectivity index (χ0) is 21.0. The summed E-state index contributed by atoms with van der Waals surface area (Å²) in [4.78, 5) is 16.5. The Morgan fingerprint density at radius 1 is 1.07 bits per heavy atom. The van der Waals surface area contributed by atoms with Crippen molar-refractivity contribution in [1.29, 1.82) is 0 Å². The van der Waals surface area contributed by atoms with E-state index in [-0.39, 0.29) is 11.9 Å². The van der Waals surface area contributed by atoms with Crippen molar-refractivity contribution in [2.24, 2.45) is 0 Å². The lowest BCUT2D eigenvalue weighted by Gasteiger charge is -2.38. The smallest absolute Gasteiger partial charge is 0.369 e. The topological polar surface area (TPSA) is 35.6 Å². The summed E-state index contributed by atoms with van der Waals surface area (Å²) in [6.45, 7) is 6.76. The molecule has 1 N–H and O–H groups in total. The zero-order valence-corrected chi connectivity index (χ0v) is 16.7. The maximum atomic E-state index is 12.9. The Morgan fingerprint density at radius 2 is 1.72 bits per heavy atom. The molecule has 3 rings (SSSR count). The van der Waals surface area contributed by atoms with E-state index in [0.717, 1.165) is 11.6 Å². The fraction of sp³-hybridized carbons (Fsp3) is 0.409. The number of rotatable bonds is 5. The predicted molar refractivity (Wildman–Crippen MR) is 108 cm³/mol. The van der Waals surface area contributed by atoms with Crippen LogP contribution in [0.3, 0.4) is 0 Å². The Labute approximate surface area is 169 Å². The van der Waals surface area contributed by atoms with Crippen LogP contribution in [0.15, 0.2) is 48.5 Å². The van der Waals surface area contributed by atoms with Crippen LogP contribution in [0.25, 0.3) is 0 Å². The van der Waals surface area contributed by atoms with Gasteiger partial charge in [0.15, 0.2) is 0 Å². The molecule has 1 saturated heterocycles. The first-order chi connectivity index (χ1) is 13.7. The molecule has 0 spiro atoms. The SMILES string of the molecule is Cc1ccc(CNC(=O)[C@H](C)N2CCN(c3cccc(C(F)(F)F)c3)CC2)cc1. The highest BCUT2D eigenvalue weighted by atomic mass is 19.4. The minimum Gasteiger partial charge on any atom is -0.369 e. The van der Waals surface area contributed by atoms with E-state index in [1.807, 2.05) is 43.0 Å². The van der Waals surface area contributed by atoms with E-state index >= 15 is 0 Å². The minimum absolute atomic E-state index is 0.0434. The van der Waals surface area contributed by atoms with Crippen LogP contribution in [-0.2, 0) is 17.5 Å².